The number of ether oxygens (including phenoxy) is 2. The number of nitrogens with zero attached hydrogens (tertiary/aromatic N) is 4. The van der Waals surface area contributed by atoms with E-state index in [0.717, 1.165) is 5.56 Å². The molecule has 1 fully saturated rings. The Hall–Kier alpha value is -2.87. The highest BCUT2D eigenvalue weighted by atomic mass is 16.6. The lowest BCUT2D eigenvalue weighted by atomic mass is 9.88. The Bertz CT molecular complexity index is 1010. The van der Waals surface area contributed by atoms with Gasteiger partial charge in [0.05, 0.1) is 18.3 Å². The molecule has 9 heteroatoms. The van der Waals surface area contributed by atoms with Crippen molar-refractivity contribution in [3.63, 3.8) is 0 Å². The fourth-order valence-electron chi connectivity index (χ4n) is 3.84. The van der Waals surface area contributed by atoms with Gasteiger partial charge in [-0.05, 0) is 30.9 Å². The van der Waals surface area contributed by atoms with Crippen molar-refractivity contribution in [1.82, 2.24) is 9.55 Å². The van der Waals surface area contributed by atoms with Crippen molar-refractivity contribution >= 4 is 0 Å². The van der Waals surface area contributed by atoms with Gasteiger partial charge in [-0.2, -0.15) is 0 Å². The number of azide groups is 1. The quantitative estimate of drug-likeness (QED) is 0.436. The molecule has 1 saturated heterocycles. The van der Waals surface area contributed by atoms with Crippen LogP contribution in [0.15, 0.2) is 51.2 Å². The summed E-state index contributed by atoms with van der Waals surface area (Å²) in [7, 11) is 0. The van der Waals surface area contributed by atoms with Crippen LogP contribution >= 0.6 is 0 Å². The van der Waals surface area contributed by atoms with Crippen LogP contribution in [0.3, 0.4) is 0 Å². The van der Waals surface area contributed by atoms with Crippen LogP contribution in [-0.2, 0) is 16.1 Å². The number of aromatic nitrogens is 2. The van der Waals surface area contributed by atoms with Crippen LogP contribution in [0.4, 0.5) is 0 Å². The number of rotatable bonds is 7. The third-order valence-electron chi connectivity index (χ3n) is 5.55. The van der Waals surface area contributed by atoms with E-state index >= 15 is 0 Å². The van der Waals surface area contributed by atoms with Gasteiger partial charge >= 0.3 is 5.69 Å². The van der Waals surface area contributed by atoms with Gasteiger partial charge in [-0.3, -0.25) is 14.3 Å². The monoisotopic (exact) mass is 399 g/mol. The first-order chi connectivity index (χ1) is 14.0. The Labute approximate surface area is 167 Å². The molecule has 3 rings (SSSR count). The van der Waals surface area contributed by atoms with Crippen molar-refractivity contribution in [2.45, 2.75) is 64.2 Å². The summed E-state index contributed by atoms with van der Waals surface area (Å²) in [6.45, 7) is 5.86. The molecular formula is C20H25N5O4. The van der Waals surface area contributed by atoms with Crippen LogP contribution in [-0.4, -0.2) is 27.3 Å². The highest BCUT2D eigenvalue weighted by molar-refractivity contribution is 5.14. The lowest BCUT2D eigenvalue weighted by Crippen LogP contribution is -2.43. The first-order valence-corrected chi connectivity index (χ1v) is 9.65. The van der Waals surface area contributed by atoms with E-state index in [0.29, 0.717) is 25.0 Å². The predicted molar refractivity (Wildman–Crippen MR) is 107 cm³/mol. The molecule has 0 bridgehead atoms. The molecular weight excluding hydrogens is 374 g/mol. The van der Waals surface area contributed by atoms with Crippen LogP contribution in [0.2, 0.25) is 0 Å². The average molecular weight is 399 g/mol. The summed E-state index contributed by atoms with van der Waals surface area (Å²) in [6, 6.07) is 8.90. The number of nitrogens with one attached hydrogen (secondary N) is 1. The Balaban J connectivity index is 2.02. The van der Waals surface area contributed by atoms with Gasteiger partial charge in [0.25, 0.3) is 5.56 Å². The standard InChI is InChI=1S/C20H25N5O4/c1-4-20(5-2)16(28-12-14-9-7-6-8-10-14)15(23-24-21)18(29-20)25-11-13(3)17(26)22-19(25)27/h6-11,15-16,18H,4-5,12H2,1-3H3,(H,22,26,27)/t15-,16?,18+/m0/s1. The molecule has 29 heavy (non-hydrogen) atoms. The van der Waals surface area contributed by atoms with Gasteiger partial charge in [0, 0.05) is 16.7 Å². The summed E-state index contributed by atoms with van der Waals surface area (Å²) < 4.78 is 13.8. The SMILES string of the molecule is CCC1(CC)O[C@@H](n2cc(C)c(=O)[nH]c2=O)[C@@H](N=[N+]=[N-])C1OCc1ccccc1. The molecule has 0 aliphatic carbocycles. The zero-order chi connectivity index (χ0) is 21.0. The van der Waals surface area contributed by atoms with Crippen molar-refractivity contribution in [2.75, 3.05) is 0 Å². The maximum Gasteiger partial charge on any atom is 0.330 e. The normalized spacial score (nSPS) is 22.9. The molecule has 2 aromatic rings. The second-order valence-electron chi connectivity index (χ2n) is 7.17. The minimum absolute atomic E-state index is 0.320. The van der Waals surface area contributed by atoms with E-state index in [2.05, 4.69) is 15.0 Å². The molecule has 9 nitrogen and oxygen atoms in total. The second kappa shape index (κ2) is 8.65. The highest BCUT2D eigenvalue weighted by Crippen LogP contribution is 2.44. The van der Waals surface area contributed by atoms with E-state index in [4.69, 9.17) is 9.47 Å². The van der Waals surface area contributed by atoms with Crippen LogP contribution in [0.1, 0.15) is 44.0 Å². The maximum absolute atomic E-state index is 12.5. The molecule has 154 valence electrons. The summed E-state index contributed by atoms with van der Waals surface area (Å²) in [4.78, 5) is 29.5. The third kappa shape index (κ3) is 3.98. The van der Waals surface area contributed by atoms with Crippen LogP contribution in [0.5, 0.6) is 0 Å². The third-order valence-corrected chi connectivity index (χ3v) is 5.55. The van der Waals surface area contributed by atoms with Crippen molar-refractivity contribution in [2.24, 2.45) is 5.11 Å². The lowest BCUT2D eigenvalue weighted by Gasteiger charge is -2.33. The Morgan fingerprint density at radius 2 is 1.97 bits per heavy atom. The van der Waals surface area contributed by atoms with Crippen molar-refractivity contribution in [3.05, 3.63) is 78.9 Å². The number of hydrogen-bond donors (Lipinski definition) is 1. The second-order valence-corrected chi connectivity index (χ2v) is 7.17. The Kier molecular flexibility index (Phi) is 6.22. The van der Waals surface area contributed by atoms with Gasteiger partial charge < -0.3 is 9.47 Å². The van der Waals surface area contributed by atoms with Crippen molar-refractivity contribution in [1.29, 1.82) is 0 Å². The maximum atomic E-state index is 12.5. The van der Waals surface area contributed by atoms with Crippen molar-refractivity contribution < 1.29 is 9.47 Å². The fraction of sp³-hybridized carbons (Fsp3) is 0.500. The van der Waals surface area contributed by atoms with Gasteiger partial charge in [0.2, 0.25) is 0 Å². The molecule has 1 aromatic carbocycles. The first kappa shape index (κ1) is 20.9. The van der Waals surface area contributed by atoms with E-state index in [9.17, 15) is 15.1 Å². The first-order valence-electron chi connectivity index (χ1n) is 9.65. The predicted octanol–water partition coefficient (Wildman–Crippen LogP) is 3.20. The summed E-state index contributed by atoms with van der Waals surface area (Å²) in [5, 5.41) is 3.94. The molecule has 1 aliphatic heterocycles. The number of H-pyrrole nitrogens is 1. The molecule has 0 spiro atoms. The van der Waals surface area contributed by atoms with Gasteiger partial charge in [-0.1, -0.05) is 49.3 Å². The highest BCUT2D eigenvalue weighted by Gasteiger charge is 2.54. The molecule has 1 unspecified atom stereocenters. The summed E-state index contributed by atoms with van der Waals surface area (Å²) >= 11 is 0. The van der Waals surface area contributed by atoms with Crippen LogP contribution in [0.25, 0.3) is 10.4 Å². The zero-order valence-corrected chi connectivity index (χ0v) is 16.7. The fourth-order valence-corrected chi connectivity index (χ4v) is 3.84. The van der Waals surface area contributed by atoms with Gasteiger partial charge in [0.1, 0.15) is 12.3 Å². The molecule has 0 saturated carbocycles. The lowest BCUT2D eigenvalue weighted by molar-refractivity contribution is -0.125. The summed E-state index contributed by atoms with van der Waals surface area (Å²) in [5.74, 6) is 0. The molecule has 3 atom stereocenters. The Morgan fingerprint density at radius 1 is 1.28 bits per heavy atom. The Morgan fingerprint density at radius 3 is 2.59 bits per heavy atom. The number of benzene rings is 1. The number of aromatic amines is 1. The molecule has 1 aromatic heterocycles. The molecule has 0 radical (unpaired) electrons. The van der Waals surface area contributed by atoms with Gasteiger partial charge in [0.15, 0.2) is 0 Å². The van der Waals surface area contributed by atoms with Crippen LogP contribution in [0, 0.1) is 6.92 Å². The minimum atomic E-state index is -0.880. The average Bonchev–Trinajstić information content (AvgIpc) is 3.04. The summed E-state index contributed by atoms with van der Waals surface area (Å²) in [5.41, 5.74) is 8.71. The smallest absolute Gasteiger partial charge is 0.330 e. The van der Waals surface area contributed by atoms with E-state index in [1.165, 1.54) is 10.8 Å². The molecule has 1 N–H and O–H groups in total. The largest absolute Gasteiger partial charge is 0.370 e. The molecule has 1 aliphatic rings. The van der Waals surface area contributed by atoms with E-state index in [1.807, 2.05) is 44.2 Å². The van der Waals surface area contributed by atoms with Crippen molar-refractivity contribution in [3.8, 4) is 0 Å². The summed E-state index contributed by atoms with van der Waals surface area (Å²) in [6.07, 6.45) is 1.20. The van der Waals surface area contributed by atoms with E-state index in [-0.39, 0.29) is 0 Å². The van der Waals surface area contributed by atoms with E-state index in [1.54, 1.807) is 6.92 Å². The molecule has 0 amide bonds. The minimum Gasteiger partial charge on any atom is -0.370 e. The van der Waals surface area contributed by atoms with E-state index < -0.39 is 35.2 Å². The molecule has 2 heterocycles. The number of hydrogen-bond acceptors (Lipinski definition) is 5. The topological polar surface area (TPSA) is 122 Å². The van der Waals surface area contributed by atoms with Crippen LogP contribution < -0.4 is 11.2 Å². The number of aryl methyl sites for hydroxylation is 1. The zero-order valence-electron chi connectivity index (χ0n) is 16.7. The van der Waals surface area contributed by atoms with Gasteiger partial charge in [-0.25, -0.2) is 4.79 Å². The van der Waals surface area contributed by atoms with Gasteiger partial charge in [-0.15, -0.1) is 0 Å².